The molecule has 0 aliphatic carbocycles. The fourth-order valence-electron chi connectivity index (χ4n) is 2.73. The number of carbonyl (C=O) groups excluding carboxylic acids is 1. The van der Waals surface area contributed by atoms with Crippen molar-refractivity contribution in [3.05, 3.63) is 65.2 Å². The Morgan fingerprint density at radius 2 is 1.59 bits per heavy atom. The van der Waals surface area contributed by atoms with Crippen LogP contribution in [-0.2, 0) is 33.7 Å². The Morgan fingerprint density at radius 1 is 0.963 bits per heavy atom. The van der Waals surface area contributed by atoms with Crippen molar-refractivity contribution in [3.63, 3.8) is 0 Å². The van der Waals surface area contributed by atoms with Crippen molar-refractivity contribution in [1.29, 1.82) is 0 Å². The van der Waals surface area contributed by atoms with E-state index in [0.29, 0.717) is 13.1 Å². The Hall–Kier alpha value is -2.22. The molecular formula is C20H27N3O3S. The highest BCUT2D eigenvalue weighted by molar-refractivity contribution is 7.88. The van der Waals surface area contributed by atoms with Crippen LogP contribution in [0.5, 0.6) is 0 Å². The molecule has 0 saturated heterocycles. The van der Waals surface area contributed by atoms with Gasteiger partial charge < -0.3 is 10.6 Å². The van der Waals surface area contributed by atoms with E-state index < -0.39 is 10.0 Å². The molecule has 0 saturated carbocycles. The standard InChI is InChI=1S/C20H27N3O3S/c1-15(2)23-27(25,26)14-19-7-5-4-6-18(19)13-21-12-17-8-10-20(11-9-17)22-16(3)24/h4-11,15,21,23H,12-14H2,1-3H3,(H,22,24). The van der Waals surface area contributed by atoms with Gasteiger partial charge in [0.2, 0.25) is 15.9 Å². The van der Waals surface area contributed by atoms with Gasteiger partial charge in [0.25, 0.3) is 0 Å². The summed E-state index contributed by atoms with van der Waals surface area (Å²) in [6.07, 6.45) is 0. The van der Waals surface area contributed by atoms with Crippen LogP contribution >= 0.6 is 0 Å². The normalized spacial score (nSPS) is 11.6. The van der Waals surface area contributed by atoms with Gasteiger partial charge in [0, 0.05) is 31.7 Å². The number of amides is 1. The predicted molar refractivity (Wildman–Crippen MR) is 109 cm³/mol. The highest BCUT2D eigenvalue weighted by atomic mass is 32.2. The molecule has 146 valence electrons. The Kier molecular flexibility index (Phi) is 7.53. The van der Waals surface area contributed by atoms with Gasteiger partial charge in [-0.15, -0.1) is 0 Å². The van der Waals surface area contributed by atoms with E-state index in [1.807, 2.05) is 62.4 Å². The van der Waals surface area contributed by atoms with Crippen LogP contribution in [0.15, 0.2) is 48.5 Å². The minimum Gasteiger partial charge on any atom is -0.326 e. The first kappa shape index (κ1) is 21.1. The zero-order valence-corrected chi connectivity index (χ0v) is 16.8. The third kappa shape index (κ3) is 7.50. The molecule has 2 rings (SSSR count). The lowest BCUT2D eigenvalue weighted by Gasteiger charge is -2.13. The molecule has 0 spiro atoms. The molecular weight excluding hydrogens is 362 g/mol. The number of nitrogens with one attached hydrogen (secondary N) is 3. The first-order valence-electron chi connectivity index (χ1n) is 8.89. The molecule has 27 heavy (non-hydrogen) atoms. The van der Waals surface area contributed by atoms with Gasteiger partial charge in [0.15, 0.2) is 0 Å². The van der Waals surface area contributed by atoms with Gasteiger partial charge in [-0.05, 0) is 42.7 Å². The predicted octanol–water partition coefficient (Wildman–Crippen LogP) is 2.76. The molecule has 0 heterocycles. The number of benzene rings is 2. The summed E-state index contributed by atoms with van der Waals surface area (Å²) >= 11 is 0. The van der Waals surface area contributed by atoms with Crippen molar-refractivity contribution in [2.45, 2.75) is 45.7 Å². The highest BCUT2D eigenvalue weighted by Crippen LogP contribution is 2.13. The maximum atomic E-state index is 12.2. The third-order valence-corrected chi connectivity index (χ3v) is 5.32. The van der Waals surface area contributed by atoms with E-state index in [1.54, 1.807) is 0 Å². The Balaban J connectivity index is 1.95. The minimum absolute atomic E-state index is 0.0333. The fourth-order valence-corrected chi connectivity index (χ4v) is 4.22. The molecule has 0 aromatic heterocycles. The van der Waals surface area contributed by atoms with Crippen LogP contribution in [0.3, 0.4) is 0 Å². The van der Waals surface area contributed by atoms with Gasteiger partial charge in [-0.1, -0.05) is 36.4 Å². The Morgan fingerprint density at radius 3 is 2.19 bits per heavy atom. The first-order chi connectivity index (χ1) is 12.7. The Bertz CT molecular complexity index is 862. The molecule has 2 aromatic carbocycles. The van der Waals surface area contributed by atoms with Crippen LogP contribution in [0, 0.1) is 0 Å². The molecule has 1 amide bonds. The molecule has 3 N–H and O–H groups in total. The van der Waals surface area contributed by atoms with Crippen molar-refractivity contribution >= 4 is 21.6 Å². The van der Waals surface area contributed by atoms with Gasteiger partial charge in [-0.25, -0.2) is 13.1 Å². The van der Waals surface area contributed by atoms with E-state index >= 15 is 0 Å². The zero-order chi connectivity index (χ0) is 19.9. The summed E-state index contributed by atoms with van der Waals surface area (Å²) in [5.74, 6) is -0.131. The summed E-state index contributed by atoms with van der Waals surface area (Å²) in [6, 6.07) is 15.0. The van der Waals surface area contributed by atoms with Crippen molar-refractivity contribution in [2.75, 3.05) is 5.32 Å². The largest absolute Gasteiger partial charge is 0.326 e. The van der Waals surface area contributed by atoms with Crippen molar-refractivity contribution in [3.8, 4) is 0 Å². The maximum Gasteiger partial charge on any atom is 0.221 e. The molecule has 0 fully saturated rings. The van der Waals surface area contributed by atoms with Gasteiger partial charge in [-0.3, -0.25) is 4.79 Å². The van der Waals surface area contributed by atoms with Crippen LogP contribution in [0.2, 0.25) is 0 Å². The molecule has 6 nitrogen and oxygen atoms in total. The van der Waals surface area contributed by atoms with E-state index in [0.717, 1.165) is 22.4 Å². The molecule has 0 radical (unpaired) electrons. The van der Waals surface area contributed by atoms with E-state index in [4.69, 9.17) is 0 Å². The van der Waals surface area contributed by atoms with Crippen LogP contribution < -0.4 is 15.4 Å². The number of anilines is 1. The molecule has 0 bridgehead atoms. The summed E-state index contributed by atoms with van der Waals surface area (Å²) in [5.41, 5.74) is 3.59. The number of hydrogen-bond donors (Lipinski definition) is 3. The summed E-state index contributed by atoms with van der Waals surface area (Å²) in [6.45, 7) is 6.31. The molecule has 0 atom stereocenters. The van der Waals surface area contributed by atoms with E-state index in [1.165, 1.54) is 6.92 Å². The first-order valence-corrected chi connectivity index (χ1v) is 10.5. The van der Waals surface area contributed by atoms with Crippen LogP contribution in [-0.4, -0.2) is 20.4 Å². The third-order valence-electron chi connectivity index (χ3n) is 3.80. The second-order valence-electron chi connectivity index (χ2n) is 6.78. The SMILES string of the molecule is CC(=O)Nc1ccc(CNCc2ccccc2CS(=O)(=O)NC(C)C)cc1. The van der Waals surface area contributed by atoms with Crippen molar-refractivity contribution in [1.82, 2.24) is 10.0 Å². The summed E-state index contributed by atoms with van der Waals surface area (Å²) < 4.78 is 27.0. The fraction of sp³-hybridized carbons (Fsp3) is 0.350. The van der Waals surface area contributed by atoms with E-state index in [-0.39, 0.29) is 17.7 Å². The summed E-state index contributed by atoms with van der Waals surface area (Å²) in [7, 11) is -3.36. The van der Waals surface area contributed by atoms with E-state index in [9.17, 15) is 13.2 Å². The van der Waals surface area contributed by atoms with Gasteiger partial charge >= 0.3 is 0 Å². The number of rotatable bonds is 9. The second kappa shape index (κ2) is 9.64. The molecule has 0 aliphatic heterocycles. The number of carbonyl (C=O) groups is 1. The van der Waals surface area contributed by atoms with E-state index in [2.05, 4.69) is 15.4 Å². The molecule has 0 unspecified atom stereocenters. The number of sulfonamides is 1. The quantitative estimate of drug-likeness (QED) is 0.615. The van der Waals surface area contributed by atoms with Crippen LogP contribution in [0.25, 0.3) is 0 Å². The average molecular weight is 390 g/mol. The summed E-state index contributed by atoms with van der Waals surface area (Å²) in [4.78, 5) is 11.0. The molecule has 2 aromatic rings. The lowest BCUT2D eigenvalue weighted by molar-refractivity contribution is -0.114. The second-order valence-corrected chi connectivity index (χ2v) is 8.54. The topological polar surface area (TPSA) is 87.3 Å². The Labute approximate surface area is 161 Å². The lowest BCUT2D eigenvalue weighted by Crippen LogP contribution is -2.31. The maximum absolute atomic E-state index is 12.2. The molecule has 0 aliphatic rings. The van der Waals surface area contributed by atoms with Crippen LogP contribution in [0.1, 0.15) is 37.5 Å². The minimum atomic E-state index is -3.36. The summed E-state index contributed by atoms with van der Waals surface area (Å²) in [5, 5.41) is 6.08. The zero-order valence-electron chi connectivity index (χ0n) is 16.0. The smallest absolute Gasteiger partial charge is 0.221 e. The lowest BCUT2D eigenvalue weighted by atomic mass is 10.1. The highest BCUT2D eigenvalue weighted by Gasteiger charge is 2.15. The average Bonchev–Trinajstić information content (AvgIpc) is 2.56. The molecule has 7 heteroatoms. The van der Waals surface area contributed by atoms with Crippen molar-refractivity contribution < 1.29 is 13.2 Å². The number of hydrogen-bond acceptors (Lipinski definition) is 4. The van der Waals surface area contributed by atoms with Crippen molar-refractivity contribution in [2.24, 2.45) is 0 Å². The van der Waals surface area contributed by atoms with Crippen LogP contribution in [0.4, 0.5) is 5.69 Å². The van der Waals surface area contributed by atoms with Gasteiger partial charge in [0.1, 0.15) is 0 Å². The monoisotopic (exact) mass is 389 g/mol. The van der Waals surface area contributed by atoms with Gasteiger partial charge in [0.05, 0.1) is 5.75 Å². The van der Waals surface area contributed by atoms with Gasteiger partial charge in [-0.2, -0.15) is 0 Å².